The number of aromatic nitrogens is 2. The van der Waals surface area contributed by atoms with E-state index in [0.717, 1.165) is 0 Å². The Morgan fingerprint density at radius 3 is 2.12 bits per heavy atom. The van der Waals surface area contributed by atoms with Crippen molar-refractivity contribution in [1.29, 1.82) is 0 Å². The third-order valence-electron chi connectivity index (χ3n) is 8.36. The molecular weight excluding hydrogens is 516 g/mol. The smallest absolute Gasteiger partial charge is 0.0628 e. The maximum absolute atomic E-state index is 2.41. The molecule has 0 aliphatic rings. The lowest BCUT2D eigenvalue weighted by Crippen LogP contribution is -1.94. The summed E-state index contributed by atoms with van der Waals surface area (Å²) >= 11 is 1.88. The molecule has 0 saturated carbocycles. The van der Waals surface area contributed by atoms with E-state index < -0.39 is 0 Å². The van der Waals surface area contributed by atoms with Gasteiger partial charge in [-0.25, -0.2) is 0 Å². The fraction of sp³-hybridized carbons (Fsp3) is 0. The Labute approximate surface area is 240 Å². The lowest BCUT2D eigenvalue weighted by Gasteiger charge is -2.11. The Bertz CT molecular complexity index is 2400. The maximum Gasteiger partial charge on any atom is 0.0628 e. The molecule has 0 spiro atoms. The van der Waals surface area contributed by atoms with E-state index in [1.54, 1.807) is 0 Å². The molecule has 9 rings (SSSR count). The Morgan fingerprint density at radius 2 is 1.24 bits per heavy atom. The standard InChI is InChI=1S/C38H24N2S/c1-2-9-27(10-3-1)39-24-23-26-19-22-34-36(37(26)39)32-12-4-6-15-33(32)40(34)28-20-17-25(18-21-28)29-13-8-14-31-30-11-5-7-16-35(30)41-38(29)31/h1-24H. The van der Waals surface area contributed by atoms with Crippen LogP contribution in [0.2, 0.25) is 0 Å². The number of nitrogens with zero attached hydrogens (tertiary/aromatic N) is 2. The van der Waals surface area contributed by atoms with Gasteiger partial charge in [-0.05, 0) is 59.7 Å². The number of benzene rings is 6. The molecule has 0 fully saturated rings. The van der Waals surface area contributed by atoms with E-state index in [1.165, 1.54) is 75.4 Å². The number of thiophene rings is 1. The minimum Gasteiger partial charge on any atom is -0.316 e. The third kappa shape index (κ3) is 3.30. The van der Waals surface area contributed by atoms with Crippen molar-refractivity contribution in [3.8, 4) is 22.5 Å². The molecule has 9 aromatic rings. The molecule has 0 N–H and O–H groups in total. The second kappa shape index (κ2) is 8.69. The average molecular weight is 541 g/mol. The van der Waals surface area contributed by atoms with Crippen LogP contribution in [-0.4, -0.2) is 9.13 Å². The number of rotatable bonds is 3. The minimum absolute atomic E-state index is 1.17. The zero-order chi connectivity index (χ0) is 26.9. The van der Waals surface area contributed by atoms with E-state index in [-0.39, 0.29) is 0 Å². The fourth-order valence-electron chi connectivity index (χ4n) is 6.53. The molecule has 41 heavy (non-hydrogen) atoms. The number of hydrogen-bond acceptors (Lipinski definition) is 1. The Balaban J connectivity index is 1.26. The van der Waals surface area contributed by atoms with Crippen LogP contribution in [0.5, 0.6) is 0 Å². The lowest BCUT2D eigenvalue weighted by atomic mass is 10.0. The van der Waals surface area contributed by atoms with Gasteiger partial charge in [0.05, 0.1) is 16.6 Å². The first-order valence-corrected chi connectivity index (χ1v) is 14.8. The van der Waals surface area contributed by atoms with Gasteiger partial charge in [-0.15, -0.1) is 11.3 Å². The average Bonchev–Trinajstić information content (AvgIpc) is 3.73. The van der Waals surface area contributed by atoms with Gasteiger partial charge >= 0.3 is 0 Å². The molecule has 3 aromatic heterocycles. The predicted molar refractivity (Wildman–Crippen MR) is 176 cm³/mol. The second-order valence-corrected chi connectivity index (χ2v) is 11.7. The number of para-hydroxylation sites is 2. The Morgan fingerprint density at radius 1 is 0.488 bits per heavy atom. The van der Waals surface area contributed by atoms with Crippen LogP contribution in [-0.2, 0) is 0 Å². The van der Waals surface area contributed by atoms with E-state index in [0.29, 0.717) is 0 Å². The highest BCUT2D eigenvalue weighted by molar-refractivity contribution is 7.26. The third-order valence-corrected chi connectivity index (χ3v) is 9.58. The molecule has 2 nitrogen and oxygen atoms in total. The van der Waals surface area contributed by atoms with Crippen LogP contribution in [0.3, 0.4) is 0 Å². The molecule has 3 heteroatoms. The van der Waals surface area contributed by atoms with Crippen molar-refractivity contribution < 1.29 is 0 Å². The van der Waals surface area contributed by atoms with Crippen LogP contribution in [0, 0.1) is 0 Å². The highest BCUT2D eigenvalue weighted by Gasteiger charge is 2.18. The molecule has 0 bridgehead atoms. The summed E-state index contributed by atoms with van der Waals surface area (Å²) < 4.78 is 7.42. The van der Waals surface area contributed by atoms with Crippen molar-refractivity contribution in [2.24, 2.45) is 0 Å². The number of fused-ring (bicyclic) bond motifs is 8. The molecule has 3 heterocycles. The summed E-state index contributed by atoms with van der Waals surface area (Å²) in [6.07, 6.45) is 2.19. The van der Waals surface area contributed by atoms with Crippen LogP contribution in [0.1, 0.15) is 0 Å². The van der Waals surface area contributed by atoms with E-state index in [1.807, 2.05) is 11.3 Å². The van der Waals surface area contributed by atoms with Crippen molar-refractivity contribution in [2.75, 3.05) is 0 Å². The minimum atomic E-state index is 1.17. The zero-order valence-corrected chi connectivity index (χ0v) is 23.0. The summed E-state index contributed by atoms with van der Waals surface area (Å²) in [6, 6.07) is 50.7. The molecule has 0 radical (unpaired) electrons. The maximum atomic E-state index is 2.41. The zero-order valence-electron chi connectivity index (χ0n) is 22.2. The van der Waals surface area contributed by atoms with Crippen molar-refractivity contribution in [3.05, 3.63) is 146 Å². The van der Waals surface area contributed by atoms with Gasteiger partial charge in [0, 0.05) is 53.9 Å². The summed E-state index contributed by atoms with van der Waals surface area (Å²) in [5, 5.41) is 6.47. The highest BCUT2D eigenvalue weighted by atomic mass is 32.1. The molecule has 0 aliphatic heterocycles. The van der Waals surface area contributed by atoms with Gasteiger partial charge in [0.25, 0.3) is 0 Å². The summed E-state index contributed by atoms with van der Waals surface area (Å²) in [5.41, 5.74) is 8.56. The van der Waals surface area contributed by atoms with Crippen LogP contribution in [0.15, 0.2) is 146 Å². The van der Waals surface area contributed by atoms with Crippen LogP contribution in [0.4, 0.5) is 0 Å². The van der Waals surface area contributed by atoms with Gasteiger partial charge in [0.15, 0.2) is 0 Å². The van der Waals surface area contributed by atoms with E-state index in [2.05, 4.69) is 155 Å². The van der Waals surface area contributed by atoms with Crippen LogP contribution < -0.4 is 0 Å². The van der Waals surface area contributed by atoms with Gasteiger partial charge < -0.3 is 9.13 Å². The van der Waals surface area contributed by atoms with Gasteiger partial charge in [-0.3, -0.25) is 0 Å². The van der Waals surface area contributed by atoms with E-state index in [9.17, 15) is 0 Å². The van der Waals surface area contributed by atoms with Gasteiger partial charge in [0.2, 0.25) is 0 Å². The van der Waals surface area contributed by atoms with Gasteiger partial charge in [-0.2, -0.15) is 0 Å². The molecule has 192 valence electrons. The monoisotopic (exact) mass is 540 g/mol. The van der Waals surface area contributed by atoms with Crippen molar-refractivity contribution in [3.63, 3.8) is 0 Å². The first kappa shape index (κ1) is 22.7. The molecule has 6 aromatic carbocycles. The van der Waals surface area contributed by atoms with Crippen LogP contribution in [0.25, 0.3) is 75.4 Å². The molecule has 0 unspecified atom stereocenters. The number of hydrogen-bond donors (Lipinski definition) is 0. The van der Waals surface area contributed by atoms with Crippen molar-refractivity contribution >= 4 is 64.2 Å². The first-order chi connectivity index (χ1) is 20.3. The summed E-state index contributed by atoms with van der Waals surface area (Å²) in [7, 11) is 0. The van der Waals surface area contributed by atoms with Gasteiger partial charge in [-0.1, -0.05) is 91.0 Å². The summed E-state index contributed by atoms with van der Waals surface area (Å²) in [4.78, 5) is 0. The lowest BCUT2D eigenvalue weighted by molar-refractivity contribution is 1.13. The van der Waals surface area contributed by atoms with Crippen molar-refractivity contribution in [1.82, 2.24) is 9.13 Å². The Hall–Kier alpha value is -5.12. The largest absolute Gasteiger partial charge is 0.316 e. The molecule has 0 amide bonds. The summed E-state index contributed by atoms with van der Waals surface area (Å²) in [5.74, 6) is 0. The highest BCUT2D eigenvalue weighted by Crippen LogP contribution is 2.41. The quantitative estimate of drug-likeness (QED) is 0.211. The second-order valence-electron chi connectivity index (χ2n) is 10.6. The van der Waals surface area contributed by atoms with Crippen LogP contribution >= 0.6 is 11.3 Å². The van der Waals surface area contributed by atoms with Gasteiger partial charge in [0.1, 0.15) is 0 Å². The molecule has 0 atom stereocenters. The topological polar surface area (TPSA) is 9.86 Å². The molecular formula is C38H24N2S. The van der Waals surface area contributed by atoms with E-state index >= 15 is 0 Å². The normalized spacial score (nSPS) is 11.9. The van der Waals surface area contributed by atoms with E-state index in [4.69, 9.17) is 0 Å². The SMILES string of the molecule is c1ccc(-n2ccc3ccc4c(c5ccccc5n4-c4ccc(-c5cccc6c5sc5ccccc56)cc4)c32)cc1. The molecule has 0 aliphatic carbocycles. The molecule has 0 saturated heterocycles. The first-order valence-electron chi connectivity index (χ1n) is 13.9. The fourth-order valence-corrected chi connectivity index (χ4v) is 7.77. The Kier molecular flexibility index (Phi) is 4.80. The van der Waals surface area contributed by atoms with Crippen molar-refractivity contribution in [2.45, 2.75) is 0 Å². The summed E-state index contributed by atoms with van der Waals surface area (Å²) in [6.45, 7) is 0. The predicted octanol–water partition coefficient (Wildman–Crippen LogP) is 10.8.